The van der Waals surface area contributed by atoms with E-state index in [0.29, 0.717) is 16.6 Å². The zero-order valence-electron chi connectivity index (χ0n) is 20.7. The van der Waals surface area contributed by atoms with Crippen molar-refractivity contribution >= 4 is 43.9 Å². The maximum atomic E-state index is 15.5. The fourth-order valence-corrected chi connectivity index (χ4v) is 6.36. The van der Waals surface area contributed by atoms with E-state index in [9.17, 15) is 22.0 Å². The Labute approximate surface area is 235 Å². The number of hydrogen-bond acceptors (Lipinski definition) is 6. The molecule has 6 rings (SSSR count). The highest BCUT2D eigenvalue weighted by molar-refractivity contribution is 7.92. The van der Waals surface area contributed by atoms with Crippen LogP contribution in [0.5, 0.6) is 0 Å². The minimum absolute atomic E-state index is 0.0543. The number of thiophene rings is 1. The lowest BCUT2D eigenvalue weighted by atomic mass is 10.0. The summed E-state index contributed by atoms with van der Waals surface area (Å²) >= 11 is 1.49. The van der Waals surface area contributed by atoms with Crippen LogP contribution < -0.4 is 4.72 Å². The van der Waals surface area contributed by atoms with Crippen LogP contribution in [0.1, 0.15) is 15.9 Å². The highest BCUT2D eigenvalue weighted by Gasteiger charge is 2.27. The smallest absolute Gasteiger partial charge is 0.262 e. The number of carbonyl (C=O) groups excluding carboxylic acids is 1. The number of nitrogens with zero attached hydrogens (tertiary/aromatic N) is 2. The molecule has 0 spiro atoms. The molecule has 7 nitrogen and oxygen atoms in total. The van der Waals surface area contributed by atoms with Crippen molar-refractivity contribution in [3.05, 3.63) is 120 Å². The van der Waals surface area contributed by atoms with Gasteiger partial charge in [0, 0.05) is 56.6 Å². The second-order valence-electron chi connectivity index (χ2n) is 8.90. The molecular weight excluding hydrogens is 573 g/mol. The first-order valence-electron chi connectivity index (χ1n) is 12.0. The van der Waals surface area contributed by atoms with Gasteiger partial charge in [-0.1, -0.05) is 12.1 Å². The number of sulfonamides is 1. The van der Waals surface area contributed by atoms with Crippen molar-refractivity contribution in [2.75, 3.05) is 4.72 Å². The van der Waals surface area contributed by atoms with Crippen molar-refractivity contribution in [1.82, 2.24) is 15.0 Å². The second-order valence-corrected chi connectivity index (χ2v) is 11.7. The van der Waals surface area contributed by atoms with Gasteiger partial charge in [0.05, 0.1) is 16.1 Å². The number of anilines is 1. The first kappa shape index (κ1) is 26.4. The van der Waals surface area contributed by atoms with E-state index in [1.807, 2.05) is 29.0 Å². The summed E-state index contributed by atoms with van der Waals surface area (Å²) in [5, 5.41) is 0.327. The topological polar surface area (TPSA) is 105 Å². The second kappa shape index (κ2) is 10.3. The molecule has 0 bridgehead atoms. The molecule has 0 aliphatic carbocycles. The highest BCUT2D eigenvalue weighted by Crippen LogP contribution is 2.36. The van der Waals surface area contributed by atoms with E-state index in [-0.39, 0.29) is 5.56 Å². The van der Waals surface area contributed by atoms with E-state index in [2.05, 4.69) is 15.0 Å². The van der Waals surface area contributed by atoms with Crippen LogP contribution in [0.2, 0.25) is 0 Å². The molecular formula is C29H17F3N4O3S2. The molecule has 4 heterocycles. The first-order valence-corrected chi connectivity index (χ1v) is 14.3. The lowest BCUT2D eigenvalue weighted by Gasteiger charge is -2.12. The van der Waals surface area contributed by atoms with E-state index in [1.54, 1.807) is 24.7 Å². The van der Waals surface area contributed by atoms with Crippen LogP contribution in [0.4, 0.5) is 18.9 Å². The molecule has 2 aromatic carbocycles. The number of fused-ring (bicyclic) bond motifs is 1. The van der Waals surface area contributed by atoms with E-state index in [4.69, 9.17) is 0 Å². The van der Waals surface area contributed by atoms with E-state index >= 15 is 4.39 Å². The highest BCUT2D eigenvalue weighted by atomic mass is 32.2. The number of halogens is 3. The Bertz CT molecular complexity index is 2060. The molecule has 0 aliphatic heterocycles. The van der Waals surface area contributed by atoms with Gasteiger partial charge in [0.1, 0.15) is 17.3 Å². The summed E-state index contributed by atoms with van der Waals surface area (Å²) in [6, 6.07) is 15.0. The number of aromatic nitrogens is 3. The third kappa shape index (κ3) is 4.98. The molecule has 41 heavy (non-hydrogen) atoms. The number of hydrogen-bond donors (Lipinski definition) is 2. The standard InChI is InChI=1S/C29H17F3N4O3S2/c30-18-4-1-5-19(12-18)41(38,39)36-23-7-6-22(31)26(27(23)32)28(37)21-15-35-29-20(21)11-17(14-34-29)25-9-8-24(40-25)16-3-2-10-33-13-16/h1-15,36H,(H,34,35). The lowest BCUT2D eigenvalue weighted by Crippen LogP contribution is -2.16. The van der Waals surface area contributed by atoms with Gasteiger partial charge in [0.15, 0.2) is 5.82 Å². The number of ketones is 1. The van der Waals surface area contributed by atoms with Crippen molar-refractivity contribution in [2.45, 2.75) is 4.90 Å². The van der Waals surface area contributed by atoms with Crippen LogP contribution in [0.25, 0.3) is 31.9 Å². The normalized spacial score (nSPS) is 11.6. The molecule has 12 heteroatoms. The molecule has 0 aliphatic rings. The minimum Gasteiger partial charge on any atom is -0.345 e. The maximum Gasteiger partial charge on any atom is 0.262 e. The van der Waals surface area contributed by atoms with Gasteiger partial charge in [0.2, 0.25) is 5.78 Å². The summed E-state index contributed by atoms with van der Waals surface area (Å²) in [7, 11) is -4.44. The molecule has 0 saturated heterocycles. The van der Waals surface area contributed by atoms with Crippen molar-refractivity contribution < 1.29 is 26.4 Å². The third-order valence-corrected chi connectivity index (χ3v) is 8.83. The van der Waals surface area contributed by atoms with Gasteiger partial charge in [-0.25, -0.2) is 26.6 Å². The van der Waals surface area contributed by atoms with Gasteiger partial charge in [-0.05, 0) is 54.6 Å². The zero-order valence-corrected chi connectivity index (χ0v) is 22.4. The van der Waals surface area contributed by atoms with Crippen molar-refractivity contribution in [2.24, 2.45) is 0 Å². The van der Waals surface area contributed by atoms with Crippen LogP contribution in [0.3, 0.4) is 0 Å². The fourth-order valence-electron chi connectivity index (χ4n) is 4.29. The number of nitrogens with one attached hydrogen (secondary N) is 2. The number of rotatable bonds is 7. The van der Waals surface area contributed by atoms with Gasteiger partial charge >= 0.3 is 0 Å². The predicted octanol–water partition coefficient (Wildman–Crippen LogP) is 6.80. The maximum absolute atomic E-state index is 15.5. The Hall–Kier alpha value is -4.81. The summed E-state index contributed by atoms with van der Waals surface area (Å²) in [4.78, 5) is 26.2. The van der Waals surface area contributed by atoms with Gasteiger partial charge < -0.3 is 4.98 Å². The Morgan fingerprint density at radius 3 is 2.46 bits per heavy atom. The summed E-state index contributed by atoms with van der Waals surface area (Å²) in [5.41, 5.74) is 0.272. The molecule has 2 N–H and O–H groups in total. The molecule has 6 aromatic rings. The number of aromatic amines is 1. The Kier molecular flexibility index (Phi) is 6.64. The molecule has 0 atom stereocenters. The lowest BCUT2D eigenvalue weighted by molar-refractivity contribution is 0.103. The molecule has 0 radical (unpaired) electrons. The van der Waals surface area contributed by atoms with Gasteiger partial charge in [0.25, 0.3) is 10.0 Å². The average Bonchev–Trinajstić information content (AvgIpc) is 3.63. The minimum atomic E-state index is -4.44. The van der Waals surface area contributed by atoms with Gasteiger partial charge in [-0.3, -0.25) is 14.5 Å². The largest absolute Gasteiger partial charge is 0.345 e. The van der Waals surface area contributed by atoms with Crippen LogP contribution >= 0.6 is 11.3 Å². The molecule has 0 saturated carbocycles. The zero-order chi connectivity index (χ0) is 28.7. The molecule has 0 amide bonds. The van der Waals surface area contributed by atoms with Crippen LogP contribution in [-0.2, 0) is 10.0 Å². The van der Waals surface area contributed by atoms with Crippen molar-refractivity contribution in [3.63, 3.8) is 0 Å². The Morgan fingerprint density at radius 2 is 1.71 bits per heavy atom. The van der Waals surface area contributed by atoms with Gasteiger partial charge in [-0.2, -0.15) is 0 Å². The number of H-pyrrole nitrogens is 1. The van der Waals surface area contributed by atoms with Gasteiger partial charge in [-0.15, -0.1) is 11.3 Å². The molecule has 0 unspecified atom stereocenters. The van der Waals surface area contributed by atoms with Crippen LogP contribution in [-0.4, -0.2) is 29.2 Å². The fraction of sp³-hybridized carbons (Fsp3) is 0. The van der Waals surface area contributed by atoms with Crippen molar-refractivity contribution in [1.29, 1.82) is 0 Å². The monoisotopic (exact) mass is 590 g/mol. The van der Waals surface area contributed by atoms with E-state index in [1.165, 1.54) is 23.6 Å². The molecule has 0 fully saturated rings. The van der Waals surface area contributed by atoms with Crippen LogP contribution in [0, 0.1) is 17.5 Å². The van der Waals surface area contributed by atoms with Crippen LogP contribution in [0.15, 0.2) is 96.4 Å². The summed E-state index contributed by atoms with van der Waals surface area (Å²) in [6.45, 7) is 0. The Balaban J connectivity index is 1.36. The number of carbonyl (C=O) groups is 1. The number of pyridine rings is 2. The third-order valence-electron chi connectivity index (χ3n) is 6.28. The predicted molar refractivity (Wildman–Crippen MR) is 150 cm³/mol. The number of benzene rings is 2. The van der Waals surface area contributed by atoms with E-state index in [0.717, 1.165) is 45.6 Å². The quantitative estimate of drug-likeness (QED) is 0.199. The summed E-state index contributed by atoms with van der Waals surface area (Å²) in [5.74, 6) is -4.42. The SMILES string of the molecule is O=C(c1c(F)ccc(NS(=O)(=O)c2cccc(F)c2)c1F)c1c[nH]c2ncc(-c3ccc(-c4cccnc4)s3)cc12. The summed E-state index contributed by atoms with van der Waals surface area (Å²) < 4.78 is 71.3. The first-order chi connectivity index (χ1) is 19.7. The summed E-state index contributed by atoms with van der Waals surface area (Å²) in [6.07, 6.45) is 6.34. The molecule has 4 aromatic heterocycles. The molecule has 204 valence electrons. The average molecular weight is 591 g/mol. The van der Waals surface area contributed by atoms with Crippen molar-refractivity contribution in [3.8, 4) is 20.9 Å². The Morgan fingerprint density at radius 1 is 0.902 bits per heavy atom. The van der Waals surface area contributed by atoms with E-state index < -0.39 is 49.4 Å².